The first kappa shape index (κ1) is 19.0. The van der Waals surface area contributed by atoms with Crippen molar-refractivity contribution in [2.24, 2.45) is 0 Å². The monoisotopic (exact) mass is 391 g/mol. The molecule has 148 valence electrons. The van der Waals surface area contributed by atoms with Gasteiger partial charge in [0.1, 0.15) is 5.03 Å². The van der Waals surface area contributed by atoms with Gasteiger partial charge in [0.05, 0.1) is 18.4 Å². The van der Waals surface area contributed by atoms with Gasteiger partial charge in [-0.15, -0.1) is 0 Å². The maximum absolute atomic E-state index is 12.7. The highest BCUT2D eigenvalue weighted by Crippen LogP contribution is 2.29. The number of nitrogens with zero attached hydrogens (tertiary/aromatic N) is 2. The van der Waals surface area contributed by atoms with Crippen LogP contribution in [0.25, 0.3) is 0 Å². The minimum atomic E-state index is -0.190. The van der Waals surface area contributed by atoms with Crippen LogP contribution in [0.4, 0.5) is 0 Å². The summed E-state index contributed by atoms with van der Waals surface area (Å²) in [4.78, 5) is 29.3. The standard InChI is InChI=1S/C20H29N3O3S/c24-18(21-14-6-1-2-7-14)13-27-19-16-9-3-4-10-17(16)23(20(25)22-19)12-15-8-5-11-26-15/h14-15H,1-13H2,(H,21,24)/t15-/m0/s1. The number of amides is 1. The zero-order valence-corrected chi connectivity index (χ0v) is 16.7. The Morgan fingerprint density at radius 2 is 1.96 bits per heavy atom. The summed E-state index contributed by atoms with van der Waals surface area (Å²) in [6.07, 6.45) is 10.9. The van der Waals surface area contributed by atoms with Crippen LogP contribution in [0.1, 0.15) is 62.6 Å². The lowest BCUT2D eigenvalue weighted by Gasteiger charge is -2.24. The van der Waals surface area contributed by atoms with E-state index in [2.05, 4.69) is 10.3 Å². The third-order valence-electron chi connectivity index (χ3n) is 5.92. The fourth-order valence-corrected chi connectivity index (χ4v) is 5.41. The number of carbonyl (C=O) groups is 1. The number of rotatable bonds is 6. The second-order valence-electron chi connectivity index (χ2n) is 7.92. The molecule has 3 aliphatic rings. The molecule has 0 bridgehead atoms. The third kappa shape index (κ3) is 4.57. The number of carbonyl (C=O) groups excluding carboxylic acids is 1. The fourth-order valence-electron chi connectivity index (χ4n) is 4.52. The molecule has 1 aliphatic heterocycles. The molecule has 4 rings (SSSR count). The van der Waals surface area contributed by atoms with Crippen molar-refractivity contribution in [3.8, 4) is 0 Å². The van der Waals surface area contributed by atoms with E-state index in [0.29, 0.717) is 18.3 Å². The molecular weight excluding hydrogens is 362 g/mol. The summed E-state index contributed by atoms with van der Waals surface area (Å²) >= 11 is 1.42. The Bertz CT molecular complexity index is 737. The van der Waals surface area contributed by atoms with E-state index in [9.17, 15) is 9.59 Å². The molecule has 1 N–H and O–H groups in total. The number of aromatic nitrogens is 2. The van der Waals surface area contributed by atoms with Crippen molar-refractivity contribution in [2.75, 3.05) is 12.4 Å². The van der Waals surface area contributed by atoms with Gasteiger partial charge in [0.15, 0.2) is 0 Å². The number of fused-ring (bicyclic) bond motifs is 1. The van der Waals surface area contributed by atoms with E-state index < -0.39 is 0 Å². The maximum atomic E-state index is 12.7. The highest BCUT2D eigenvalue weighted by Gasteiger charge is 2.24. The Labute approximate surface area is 164 Å². The molecule has 1 aromatic rings. The zero-order valence-electron chi connectivity index (χ0n) is 15.9. The van der Waals surface area contributed by atoms with Gasteiger partial charge in [-0.3, -0.25) is 9.36 Å². The molecule has 6 nitrogen and oxygen atoms in total. The van der Waals surface area contributed by atoms with Crippen LogP contribution in [0.15, 0.2) is 9.82 Å². The molecule has 1 aromatic heterocycles. The highest BCUT2D eigenvalue weighted by atomic mass is 32.2. The lowest BCUT2D eigenvalue weighted by molar-refractivity contribution is -0.119. The van der Waals surface area contributed by atoms with E-state index in [4.69, 9.17) is 4.74 Å². The summed E-state index contributed by atoms with van der Waals surface area (Å²) in [6.45, 7) is 1.40. The minimum absolute atomic E-state index is 0.0572. The molecule has 1 atom stereocenters. The lowest BCUT2D eigenvalue weighted by atomic mass is 9.97. The van der Waals surface area contributed by atoms with Crippen molar-refractivity contribution in [1.82, 2.24) is 14.9 Å². The van der Waals surface area contributed by atoms with Crippen LogP contribution in [0.5, 0.6) is 0 Å². The SMILES string of the molecule is O=C(CSc1nc(=O)n(C[C@@H]2CCCO2)c2c1CCCC2)NC1CCCC1. The summed E-state index contributed by atoms with van der Waals surface area (Å²) in [7, 11) is 0. The van der Waals surface area contributed by atoms with Crippen molar-refractivity contribution in [3.05, 3.63) is 21.7 Å². The summed E-state index contributed by atoms with van der Waals surface area (Å²) < 4.78 is 7.57. The van der Waals surface area contributed by atoms with Crippen LogP contribution >= 0.6 is 11.8 Å². The topological polar surface area (TPSA) is 73.2 Å². The Hall–Kier alpha value is -1.34. The van der Waals surface area contributed by atoms with Crippen LogP contribution in [-0.4, -0.2) is 40.0 Å². The van der Waals surface area contributed by atoms with Gasteiger partial charge in [0.25, 0.3) is 0 Å². The van der Waals surface area contributed by atoms with E-state index in [1.807, 2.05) is 4.57 Å². The van der Waals surface area contributed by atoms with Crippen LogP contribution in [-0.2, 0) is 28.9 Å². The Kier molecular flexibility index (Phi) is 6.18. The first-order valence-corrected chi connectivity index (χ1v) is 11.4. The molecular formula is C20H29N3O3S. The van der Waals surface area contributed by atoms with Crippen molar-refractivity contribution in [1.29, 1.82) is 0 Å². The summed E-state index contributed by atoms with van der Waals surface area (Å²) in [5.74, 6) is 0.396. The molecule has 2 heterocycles. The molecule has 1 saturated carbocycles. The van der Waals surface area contributed by atoms with Gasteiger partial charge in [-0.05, 0) is 51.4 Å². The largest absolute Gasteiger partial charge is 0.376 e. The van der Waals surface area contributed by atoms with Crippen LogP contribution in [0.2, 0.25) is 0 Å². The average molecular weight is 392 g/mol. The summed E-state index contributed by atoms with van der Waals surface area (Å²) in [5, 5.41) is 3.88. The van der Waals surface area contributed by atoms with Gasteiger partial charge >= 0.3 is 5.69 Å². The summed E-state index contributed by atoms with van der Waals surface area (Å²) in [5.41, 5.74) is 2.11. The van der Waals surface area contributed by atoms with Gasteiger partial charge in [0.2, 0.25) is 5.91 Å². The Morgan fingerprint density at radius 1 is 1.15 bits per heavy atom. The average Bonchev–Trinajstić information content (AvgIpc) is 3.36. The number of hydrogen-bond acceptors (Lipinski definition) is 5. The number of nitrogens with one attached hydrogen (secondary N) is 1. The first-order chi connectivity index (χ1) is 13.2. The molecule has 7 heteroatoms. The number of hydrogen-bond donors (Lipinski definition) is 1. The third-order valence-corrected chi connectivity index (χ3v) is 6.94. The Morgan fingerprint density at radius 3 is 2.74 bits per heavy atom. The smallest absolute Gasteiger partial charge is 0.348 e. The quantitative estimate of drug-likeness (QED) is 0.596. The molecule has 0 spiro atoms. The van der Waals surface area contributed by atoms with Gasteiger partial charge in [0, 0.05) is 23.9 Å². The molecule has 0 unspecified atom stereocenters. The van der Waals surface area contributed by atoms with Crippen LogP contribution < -0.4 is 11.0 Å². The molecule has 0 radical (unpaired) electrons. The first-order valence-electron chi connectivity index (χ1n) is 10.4. The van der Waals surface area contributed by atoms with Gasteiger partial charge < -0.3 is 10.1 Å². The molecule has 1 saturated heterocycles. The van der Waals surface area contributed by atoms with Crippen molar-refractivity contribution in [2.45, 2.75) is 87.9 Å². The van der Waals surface area contributed by atoms with Gasteiger partial charge in [-0.1, -0.05) is 24.6 Å². The van der Waals surface area contributed by atoms with Crippen LogP contribution in [0.3, 0.4) is 0 Å². The van der Waals surface area contributed by atoms with Gasteiger partial charge in [-0.2, -0.15) is 4.98 Å². The molecule has 1 amide bonds. The highest BCUT2D eigenvalue weighted by molar-refractivity contribution is 7.99. The van der Waals surface area contributed by atoms with E-state index in [-0.39, 0.29) is 17.7 Å². The number of ether oxygens (including phenoxy) is 1. The minimum Gasteiger partial charge on any atom is -0.376 e. The van der Waals surface area contributed by atoms with Crippen molar-refractivity contribution < 1.29 is 9.53 Å². The second kappa shape index (κ2) is 8.78. The number of thioether (sulfide) groups is 1. The predicted octanol–water partition coefficient (Wildman–Crippen LogP) is 2.45. The normalized spacial score (nSPS) is 22.7. The fraction of sp³-hybridized carbons (Fsp3) is 0.750. The lowest BCUT2D eigenvalue weighted by Crippen LogP contribution is -2.35. The second-order valence-corrected chi connectivity index (χ2v) is 8.88. The molecule has 0 aromatic carbocycles. The Balaban J connectivity index is 1.48. The molecule has 2 aliphatic carbocycles. The van der Waals surface area contributed by atoms with E-state index >= 15 is 0 Å². The summed E-state index contributed by atoms with van der Waals surface area (Å²) in [6, 6.07) is 0.333. The molecule has 27 heavy (non-hydrogen) atoms. The van der Waals surface area contributed by atoms with Crippen molar-refractivity contribution in [3.63, 3.8) is 0 Å². The van der Waals surface area contributed by atoms with E-state index in [0.717, 1.165) is 68.7 Å². The van der Waals surface area contributed by atoms with E-state index in [1.54, 1.807) is 0 Å². The van der Waals surface area contributed by atoms with Crippen molar-refractivity contribution >= 4 is 17.7 Å². The van der Waals surface area contributed by atoms with Crippen LogP contribution in [0, 0.1) is 0 Å². The zero-order chi connectivity index (χ0) is 18.6. The van der Waals surface area contributed by atoms with Gasteiger partial charge in [-0.25, -0.2) is 4.79 Å². The molecule has 2 fully saturated rings. The predicted molar refractivity (Wildman–Crippen MR) is 105 cm³/mol. The van der Waals surface area contributed by atoms with E-state index in [1.165, 1.54) is 30.2 Å². The maximum Gasteiger partial charge on any atom is 0.348 e.